The van der Waals surface area contributed by atoms with Crippen molar-refractivity contribution in [3.05, 3.63) is 105 Å². The average molecular weight is 451 g/mol. The van der Waals surface area contributed by atoms with Gasteiger partial charge in [0, 0.05) is 10.6 Å². The van der Waals surface area contributed by atoms with E-state index < -0.39 is 5.82 Å². The molecular weight excluding hydrogens is 438 g/mol. The van der Waals surface area contributed by atoms with Gasteiger partial charge in [0.1, 0.15) is 11.2 Å². The van der Waals surface area contributed by atoms with Gasteiger partial charge in [0.25, 0.3) is 5.56 Å². The van der Waals surface area contributed by atoms with Crippen molar-refractivity contribution in [3.8, 4) is 22.8 Å². The molecule has 0 saturated heterocycles. The van der Waals surface area contributed by atoms with Crippen LogP contribution in [0.4, 0.5) is 4.39 Å². The smallest absolute Gasteiger partial charge is 0.268 e. The molecule has 0 bridgehead atoms. The Morgan fingerprint density at radius 1 is 0.871 bits per heavy atom. The minimum Gasteiger partial charge on any atom is -0.268 e. The normalized spacial score (nSPS) is 11.2. The quantitative estimate of drug-likeness (QED) is 0.355. The summed E-state index contributed by atoms with van der Waals surface area (Å²) in [7, 11) is 0. The topological polar surface area (TPSA) is 52.7 Å². The van der Waals surface area contributed by atoms with Gasteiger partial charge in [-0.05, 0) is 54.6 Å². The summed E-state index contributed by atoms with van der Waals surface area (Å²) in [6, 6.07) is 19.9. The summed E-state index contributed by atoms with van der Waals surface area (Å²) in [6.45, 7) is 0. The van der Waals surface area contributed by atoms with Crippen LogP contribution >= 0.6 is 23.2 Å². The maximum Gasteiger partial charge on any atom is 0.269 e. The highest BCUT2D eigenvalue weighted by Gasteiger charge is 2.20. The molecule has 0 amide bonds. The average Bonchev–Trinajstić information content (AvgIpc) is 3.20. The van der Waals surface area contributed by atoms with Gasteiger partial charge in [-0.3, -0.25) is 9.36 Å². The summed E-state index contributed by atoms with van der Waals surface area (Å²) < 4.78 is 16.5. The van der Waals surface area contributed by atoms with E-state index in [0.29, 0.717) is 38.2 Å². The van der Waals surface area contributed by atoms with E-state index in [4.69, 9.17) is 28.2 Å². The molecule has 8 heteroatoms. The fourth-order valence-electron chi connectivity index (χ4n) is 3.41. The largest absolute Gasteiger partial charge is 0.269 e. The Labute approximate surface area is 185 Å². The monoisotopic (exact) mass is 450 g/mol. The molecule has 2 aromatic heterocycles. The molecule has 0 N–H and O–H groups in total. The van der Waals surface area contributed by atoms with E-state index in [-0.39, 0.29) is 5.56 Å². The van der Waals surface area contributed by atoms with Crippen molar-refractivity contribution >= 4 is 34.2 Å². The first-order chi connectivity index (χ1) is 15.0. The van der Waals surface area contributed by atoms with Gasteiger partial charge in [0.15, 0.2) is 11.5 Å². The zero-order valence-electron chi connectivity index (χ0n) is 15.8. The summed E-state index contributed by atoms with van der Waals surface area (Å²) in [6.07, 6.45) is 1.48. The highest BCUT2D eigenvalue weighted by Crippen LogP contribution is 2.31. The van der Waals surface area contributed by atoms with Crippen LogP contribution in [-0.2, 0) is 0 Å². The van der Waals surface area contributed by atoms with E-state index in [1.807, 2.05) is 30.3 Å². The van der Waals surface area contributed by atoms with Crippen LogP contribution in [0.1, 0.15) is 0 Å². The number of nitrogens with zero attached hydrogens (tertiary/aromatic N) is 4. The predicted molar refractivity (Wildman–Crippen MR) is 120 cm³/mol. The highest BCUT2D eigenvalue weighted by molar-refractivity contribution is 6.36. The van der Waals surface area contributed by atoms with Gasteiger partial charge in [-0.1, -0.05) is 41.4 Å². The zero-order valence-corrected chi connectivity index (χ0v) is 17.3. The van der Waals surface area contributed by atoms with Crippen molar-refractivity contribution < 1.29 is 4.39 Å². The number of hydrogen-bond donors (Lipinski definition) is 0. The second-order valence-corrected chi connectivity index (χ2v) is 7.65. The lowest BCUT2D eigenvalue weighted by Crippen LogP contribution is -2.22. The molecule has 0 aliphatic rings. The molecule has 5 aromatic rings. The SMILES string of the molecule is O=c1c2cnn(-c3ccccc3)c2nc(-c2ccc(Cl)cc2Cl)n1-c1ccc(F)cc1. The Kier molecular flexibility index (Phi) is 4.81. The predicted octanol–water partition coefficient (Wildman–Crippen LogP) is 5.68. The second kappa shape index (κ2) is 7.65. The third-order valence-electron chi connectivity index (χ3n) is 4.86. The van der Waals surface area contributed by atoms with Gasteiger partial charge in [-0.2, -0.15) is 5.10 Å². The van der Waals surface area contributed by atoms with E-state index in [9.17, 15) is 9.18 Å². The molecule has 0 saturated carbocycles. The van der Waals surface area contributed by atoms with E-state index in [1.165, 1.54) is 35.0 Å². The highest BCUT2D eigenvalue weighted by atomic mass is 35.5. The molecular formula is C23H13Cl2FN4O. The van der Waals surface area contributed by atoms with Gasteiger partial charge < -0.3 is 0 Å². The molecule has 3 aromatic carbocycles. The standard InChI is InChI=1S/C23H13Cl2FN4O/c24-14-6-11-18(20(25)12-14)21-28-22-19(13-27-30(22)17-4-2-1-3-5-17)23(31)29(21)16-9-7-15(26)8-10-16/h1-13H. The first-order valence-corrected chi connectivity index (χ1v) is 10.1. The minimum absolute atomic E-state index is 0.295. The third kappa shape index (κ3) is 3.40. The Morgan fingerprint density at radius 3 is 2.32 bits per heavy atom. The van der Waals surface area contributed by atoms with Crippen molar-refractivity contribution in [2.75, 3.05) is 0 Å². The summed E-state index contributed by atoms with van der Waals surface area (Å²) in [5, 5.41) is 5.49. The lowest BCUT2D eigenvalue weighted by Gasteiger charge is -2.14. The zero-order chi connectivity index (χ0) is 21.5. The molecule has 0 radical (unpaired) electrons. The molecule has 0 unspecified atom stereocenters. The van der Waals surface area contributed by atoms with Gasteiger partial charge >= 0.3 is 0 Å². The molecule has 2 heterocycles. The van der Waals surface area contributed by atoms with Crippen molar-refractivity contribution in [2.45, 2.75) is 0 Å². The van der Waals surface area contributed by atoms with Gasteiger partial charge in [0.2, 0.25) is 0 Å². The maximum absolute atomic E-state index is 13.5. The van der Waals surface area contributed by atoms with E-state index in [1.54, 1.807) is 22.9 Å². The van der Waals surface area contributed by atoms with Crippen LogP contribution in [0.25, 0.3) is 33.8 Å². The van der Waals surface area contributed by atoms with E-state index in [0.717, 1.165) is 5.69 Å². The second-order valence-electron chi connectivity index (χ2n) is 6.81. The summed E-state index contributed by atoms with van der Waals surface area (Å²) in [5.41, 5.74) is 1.76. The first kappa shape index (κ1) is 19.5. The van der Waals surface area contributed by atoms with Crippen LogP contribution in [0.2, 0.25) is 10.0 Å². The maximum atomic E-state index is 13.5. The molecule has 0 aliphatic heterocycles. The fourth-order valence-corrected chi connectivity index (χ4v) is 3.90. The number of benzene rings is 3. The van der Waals surface area contributed by atoms with E-state index in [2.05, 4.69) is 5.10 Å². The molecule has 5 rings (SSSR count). The van der Waals surface area contributed by atoms with Crippen LogP contribution in [0.3, 0.4) is 0 Å². The van der Waals surface area contributed by atoms with Crippen LogP contribution in [-0.4, -0.2) is 19.3 Å². The molecule has 0 atom stereocenters. The molecule has 0 spiro atoms. The van der Waals surface area contributed by atoms with Crippen molar-refractivity contribution in [1.29, 1.82) is 0 Å². The number of fused-ring (bicyclic) bond motifs is 1. The van der Waals surface area contributed by atoms with Gasteiger partial charge in [-0.25, -0.2) is 14.1 Å². The van der Waals surface area contributed by atoms with Gasteiger partial charge in [-0.15, -0.1) is 0 Å². The lowest BCUT2D eigenvalue weighted by molar-refractivity contribution is 0.627. The Hall–Kier alpha value is -3.48. The van der Waals surface area contributed by atoms with Crippen molar-refractivity contribution in [3.63, 3.8) is 0 Å². The van der Waals surface area contributed by atoms with Crippen LogP contribution in [0.5, 0.6) is 0 Å². The number of rotatable bonds is 3. The Morgan fingerprint density at radius 2 is 1.61 bits per heavy atom. The number of para-hydroxylation sites is 1. The molecule has 0 fully saturated rings. The molecule has 5 nitrogen and oxygen atoms in total. The number of hydrogen-bond acceptors (Lipinski definition) is 3. The Balaban J connectivity index is 1.88. The summed E-state index contributed by atoms with van der Waals surface area (Å²) in [5.74, 6) is -0.114. The molecule has 31 heavy (non-hydrogen) atoms. The van der Waals surface area contributed by atoms with Crippen molar-refractivity contribution in [1.82, 2.24) is 19.3 Å². The van der Waals surface area contributed by atoms with Gasteiger partial charge in [0.05, 0.1) is 22.6 Å². The van der Waals surface area contributed by atoms with Crippen molar-refractivity contribution in [2.24, 2.45) is 0 Å². The molecule has 152 valence electrons. The van der Waals surface area contributed by atoms with Crippen LogP contribution < -0.4 is 5.56 Å². The fraction of sp³-hybridized carbons (Fsp3) is 0. The third-order valence-corrected chi connectivity index (χ3v) is 5.41. The first-order valence-electron chi connectivity index (χ1n) is 9.30. The Bertz CT molecular complexity index is 1480. The van der Waals surface area contributed by atoms with E-state index >= 15 is 0 Å². The number of aromatic nitrogens is 4. The number of halogens is 3. The summed E-state index contributed by atoms with van der Waals surface area (Å²) in [4.78, 5) is 18.3. The molecule has 0 aliphatic carbocycles. The van der Waals surface area contributed by atoms with Crippen LogP contribution in [0.15, 0.2) is 83.8 Å². The summed E-state index contributed by atoms with van der Waals surface area (Å²) >= 11 is 12.5. The minimum atomic E-state index is -0.409. The lowest BCUT2D eigenvalue weighted by atomic mass is 10.2. The van der Waals surface area contributed by atoms with Crippen LogP contribution in [0, 0.1) is 5.82 Å².